The molecule has 4 aromatic rings. The van der Waals surface area contributed by atoms with Crippen molar-refractivity contribution < 1.29 is 0 Å². The average Bonchev–Trinajstić information content (AvgIpc) is 2.70. The molecule has 0 unspecified atom stereocenters. The fraction of sp³-hybridized carbons (Fsp3) is 0.100. The van der Waals surface area contributed by atoms with Gasteiger partial charge in [0.1, 0.15) is 0 Å². The molecule has 7 heteroatoms. The highest BCUT2D eigenvalue weighted by Gasteiger charge is 2.06. The second-order valence-electron chi connectivity index (χ2n) is 6.19. The molecule has 4 rings (SSSR count). The van der Waals surface area contributed by atoms with Gasteiger partial charge in [0.05, 0.1) is 23.6 Å². The maximum atomic E-state index is 5.97. The molecule has 7 nitrogen and oxygen atoms in total. The summed E-state index contributed by atoms with van der Waals surface area (Å²) in [5.41, 5.74) is 9.85. The lowest BCUT2D eigenvalue weighted by atomic mass is 10.1. The van der Waals surface area contributed by atoms with Gasteiger partial charge in [-0.15, -0.1) is 0 Å². The lowest BCUT2D eigenvalue weighted by Gasteiger charge is -2.11. The van der Waals surface area contributed by atoms with E-state index in [0.717, 1.165) is 27.8 Å². The van der Waals surface area contributed by atoms with Gasteiger partial charge in [0.25, 0.3) is 0 Å². The third-order valence-electron chi connectivity index (χ3n) is 4.11. The zero-order chi connectivity index (χ0) is 18.6. The van der Waals surface area contributed by atoms with Gasteiger partial charge >= 0.3 is 0 Å². The minimum absolute atomic E-state index is 0.352. The third-order valence-corrected chi connectivity index (χ3v) is 4.11. The Morgan fingerprint density at radius 2 is 1.93 bits per heavy atom. The lowest BCUT2D eigenvalue weighted by Crippen LogP contribution is -2.08. The Hall–Kier alpha value is -3.74. The van der Waals surface area contributed by atoms with Crippen LogP contribution in [0.25, 0.3) is 10.9 Å². The number of aryl methyl sites for hydroxylation is 1. The minimum Gasteiger partial charge on any atom is -0.381 e. The molecule has 27 heavy (non-hydrogen) atoms. The molecule has 1 aromatic carbocycles. The van der Waals surface area contributed by atoms with Crippen molar-refractivity contribution in [3.8, 4) is 0 Å². The highest BCUT2D eigenvalue weighted by molar-refractivity contribution is 5.79. The molecule has 0 atom stereocenters. The summed E-state index contributed by atoms with van der Waals surface area (Å²) in [5.74, 6) is 1.48. The van der Waals surface area contributed by atoms with E-state index in [0.29, 0.717) is 24.0 Å². The summed E-state index contributed by atoms with van der Waals surface area (Å²) in [5, 5.41) is 7.53. The number of nitrogens with zero attached hydrogens (tertiary/aromatic N) is 4. The molecule has 134 valence electrons. The van der Waals surface area contributed by atoms with Gasteiger partial charge in [0.2, 0.25) is 0 Å². The van der Waals surface area contributed by atoms with Crippen LogP contribution in [-0.2, 0) is 6.54 Å². The van der Waals surface area contributed by atoms with E-state index < -0.39 is 0 Å². The van der Waals surface area contributed by atoms with Crippen LogP contribution in [-0.4, -0.2) is 19.9 Å². The molecule has 0 aliphatic heterocycles. The molecular formula is C20H19N7. The predicted molar refractivity (Wildman–Crippen MR) is 108 cm³/mol. The second kappa shape index (κ2) is 7.25. The summed E-state index contributed by atoms with van der Waals surface area (Å²) < 4.78 is 0. The van der Waals surface area contributed by atoms with Crippen molar-refractivity contribution in [3.05, 3.63) is 72.3 Å². The van der Waals surface area contributed by atoms with Crippen molar-refractivity contribution in [2.45, 2.75) is 13.5 Å². The molecule has 0 aliphatic carbocycles. The van der Waals surface area contributed by atoms with Gasteiger partial charge in [-0.2, -0.15) is 0 Å². The highest BCUT2D eigenvalue weighted by atomic mass is 15.1. The summed E-state index contributed by atoms with van der Waals surface area (Å²) in [4.78, 5) is 17.3. The number of nitrogens with one attached hydrogen (secondary N) is 2. The molecule has 4 N–H and O–H groups in total. The molecule has 0 aliphatic rings. The van der Waals surface area contributed by atoms with Crippen molar-refractivity contribution >= 4 is 34.0 Å². The van der Waals surface area contributed by atoms with Crippen LogP contribution in [0.2, 0.25) is 0 Å². The summed E-state index contributed by atoms with van der Waals surface area (Å²) >= 11 is 0. The fourth-order valence-electron chi connectivity index (χ4n) is 2.70. The molecule has 0 radical (unpaired) electrons. The SMILES string of the molecule is Cc1ccc(Nc2cnc(N)c(NCc3ccc4ncccc4c3)n2)cn1. The standard InChI is InChI=1S/C20H19N7/c1-13-4-6-16(11-23-13)26-18-12-24-19(21)20(27-18)25-10-14-5-7-17-15(9-14)3-2-8-22-17/h2-9,11-12H,10H2,1H3,(H2,21,24)(H2,25,26,27). The quantitative estimate of drug-likeness (QED) is 0.501. The van der Waals surface area contributed by atoms with Crippen molar-refractivity contribution in [2.75, 3.05) is 16.4 Å². The highest BCUT2D eigenvalue weighted by Crippen LogP contribution is 2.20. The fourth-order valence-corrected chi connectivity index (χ4v) is 2.70. The maximum absolute atomic E-state index is 5.97. The molecule has 0 spiro atoms. The monoisotopic (exact) mass is 357 g/mol. The molecule has 3 heterocycles. The van der Waals surface area contributed by atoms with Crippen molar-refractivity contribution in [3.63, 3.8) is 0 Å². The topological polar surface area (TPSA) is 102 Å². The lowest BCUT2D eigenvalue weighted by molar-refractivity contribution is 1.09. The number of benzene rings is 1. The first-order chi connectivity index (χ1) is 13.2. The number of hydrogen-bond donors (Lipinski definition) is 3. The van der Waals surface area contributed by atoms with Crippen molar-refractivity contribution in [1.29, 1.82) is 0 Å². The number of anilines is 4. The number of nitrogen functional groups attached to an aromatic ring is 1. The molecule has 0 amide bonds. The van der Waals surface area contributed by atoms with Crippen molar-refractivity contribution in [1.82, 2.24) is 19.9 Å². The van der Waals surface area contributed by atoms with E-state index >= 15 is 0 Å². The minimum atomic E-state index is 0.352. The van der Waals surface area contributed by atoms with Gasteiger partial charge in [0, 0.05) is 23.8 Å². The van der Waals surface area contributed by atoms with E-state index in [2.05, 4.69) is 36.6 Å². The smallest absolute Gasteiger partial charge is 0.171 e. The van der Waals surface area contributed by atoms with Crippen LogP contribution in [0.5, 0.6) is 0 Å². The normalized spacial score (nSPS) is 10.7. The number of hydrogen-bond acceptors (Lipinski definition) is 7. The van der Waals surface area contributed by atoms with Gasteiger partial charge in [-0.1, -0.05) is 12.1 Å². The van der Waals surface area contributed by atoms with Crippen LogP contribution in [0.3, 0.4) is 0 Å². The first-order valence-corrected chi connectivity index (χ1v) is 8.57. The van der Waals surface area contributed by atoms with Gasteiger partial charge in [-0.3, -0.25) is 9.97 Å². The summed E-state index contributed by atoms with van der Waals surface area (Å²) in [7, 11) is 0. The van der Waals surface area contributed by atoms with Crippen LogP contribution < -0.4 is 16.4 Å². The zero-order valence-electron chi connectivity index (χ0n) is 14.8. The first kappa shape index (κ1) is 16.7. The van der Waals surface area contributed by atoms with E-state index in [9.17, 15) is 0 Å². The number of aromatic nitrogens is 4. The molecule has 3 aromatic heterocycles. The Morgan fingerprint density at radius 1 is 1.00 bits per heavy atom. The van der Waals surface area contributed by atoms with Crippen LogP contribution in [0.15, 0.2) is 61.1 Å². The van der Waals surface area contributed by atoms with Crippen LogP contribution in [0, 0.1) is 6.92 Å². The summed E-state index contributed by atoms with van der Waals surface area (Å²) in [6.07, 6.45) is 5.14. The van der Waals surface area contributed by atoms with Gasteiger partial charge in [-0.05, 0) is 42.8 Å². The largest absolute Gasteiger partial charge is 0.381 e. The summed E-state index contributed by atoms with van der Waals surface area (Å²) in [6.45, 7) is 2.52. The second-order valence-corrected chi connectivity index (χ2v) is 6.19. The number of fused-ring (bicyclic) bond motifs is 1. The van der Waals surface area contributed by atoms with E-state index in [1.807, 2.05) is 43.3 Å². The molecule has 0 fully saturated rings. The van der Waals surface area contributed by atoms with Gasteiger partial charge < -0.3 is 16.4 Å². The number of rotatable bonds is 5. The van der Waals surface area contributed by atoms with Gasteiger partial charge in [0.15, 0.2) is 17.5 Å². The first-order valence-electron chi connectivity index (χ1n) is 8.57. The Morgan fingerprint density at radius 3 is 2.78 bits per heavy atom. The van der Waals surface area contributed by atoms with Crippen LogP contribution in [0.1, 0.15) is 11.3 Å². The molecule has 0 bridgehead atoms. The Balaban J connectivity index is 1.49. The molecular weight excluding hydrogens is 338 g/mol. The Bertz CT molecular complexity index is 1080. The number of nitrogens with two attached hydrogens (primary N) is 1. The van der Waals surface area contributed by atoms with Crippen LogP contribution in [0.4, 0.5) is 23.1 Å². The number of pyridine rings is 2. The Labute approximate surface area is 156 Å². The summed E-state index contributed by atoms with van der Waals surface area (Å²) in [6, 6.07) is 14.0. The van der Waals surface area contributed by atoms with Crippen molar-refractivity contribution in [2.24, 2.45) is 0 Å². The van der Waals surface area contributed by atoms with E-state index in [1.165, 1.54) is 0 Å². The third kappa shape index (κ3) is 3.92. The average molecular weight is 357 g/mol. The van der Waals surface area contributed by atoms with Gasteiger partial charge in [-0.25, -0.2) is 9.97 Å². The van der Waals surface area contributed by atoms with E-state index in [1.54, 1.807) is 18.6 Å². The van der Waals surface area contributed by atoms with E-state index in [-0.39, 0.29) is 0 Å². The molecule has 0 saturated carbocycles. The zero-order valence-corrected chi connectivity index (χ0v) is 14.8. The Kier molecular flexibility index (Phi) is 4.49. The predicted octanol–water partition coefficient (Wildman–Crippen LogP) is 3.67. The molecule has 0 saturated heterocycles. The van der Waals surface area contributed by atoms with Crippen LogP contribution >= 0.6 is 0 Å². The maximum Gasteiger partial charge on any atom is 0.171 e. The van der Waals surface area contributed by atoms with E-state index in [4.69, 9.17) is 5.73 Å².